The molecule has 0 rings (SSSR count). The number of aliphatic hydroxyl groups excluding tert-OH is 1. The van der Waals surface area contributed by atoms with Crippen LogP contribution in [-0.4, -0.2) is 96.7 Å². The molecule has 0 aromatic rings. The maximum atomic E-state index is 13.1. The molecular formula is C83H140O17P2. The van der Waals surface area contributed by atoms with Crippen molar-refractivity contribution in [2.75, 3.05) is 39.6 Å². The van der Waals surface area contributed by atoms with Crippen LogP contribution in [0.4, 0.5) is 0 Å². The standard InChI is InChI=1S/C83H140O17P2/c1-5-9-13-17-21-25-29-33-36-38-41-44-47-51-55-59-63-67-80(85)93-73-78(99-82(87)69-65-61-57-53-49-43-32-28-24-20-16-12-8-4)75-97-101(89,90)95-71-77(84)72-96-102(91,92)98-76-79(100-83(88)70-66-62-58-54-50-46-40-35-31-27-23-19-15-11-7-3)74-94-81(86)68-64-60-56-52-48-45-42-39-37-34-30-26-22-18-14-10-6-2/h9-10,13-14,21-23,25-28,32-37,40-42,44-45,77-79,84H,5-8,11-12,15-20,24,29-31,38-39,43,46-76H2,1-4H3,(H,89,90)(H,91,92)/b13-9-,14-10-,25-21-,26-22-,27-23-,32-28-,36-33-,37-34-,40-35-,44-41-,45-42-. The van der Waals surface area contributed by atoms with Crippen LogP contribution in [0.3, 0.4) is 0 Å². The maximum absolute atomic E-state index is 13.1. The van der Waals surface area contributed by atoms with Gasteiger partial charge in [-0.05, 0) is 161 Å². The highest BCUT2D eigenvalue weighted by atomic mass is 31.2. The lowest BCUT2D eigenvalue weighted by molar-refractivity contribution is -0.161. The molecule has 0 saturated carbocycles. The van der Waals surface area contributed by atoms with Gasteiger partial charge < -0.3 is 33.8 Å². The van der Waals surface area contributed by atoms with E-state index in [-0.39, 0.29) is 25.7 Å². The van der Waals surface area contributed by atoms with Gasteiger partial charge in [-0.25, -0.2) is 9.13 Å². The lowest BCUT2D eigenvalue weighted by Crippen LogP contribution is -2.30. The zero-order valence-corrected chi connectivity index (χ0v) is 65.5. The smallest absolute Gasteiger partial charge is 0.462 e. The van der Waals surface area contributed by atoms with Crippen LogP contribution in [0.1, 0.15) is 310 Å². The number of allylic oxidation sites excluding steroid dienone is 22. The van der Waals surface area contributed by atoms with Crippen molar-refractivity contribution in [1.82, 2.24) is 0 Å². The SMILES string of the molecule is CC/C=C\C/C=C\C/C=C\C/C=C\CCCCCCC(=O)OCC(COP(=O)(O)OCC(O)COP(=O)(O)OCC(COC(=O)CCCCCC/C=C\C/C=C\C/C=C\C/C=C\CC)OC(=O)CCCCCCC/C=C\CCCCCC)OC(=O)CCCCCCC/C=C\C/C=C\CCCCC. The number of carbonyl (C=O) groups excluding carboxylic acids is 4. The van der Waals surface area contributed by atoms with Crippen LogP contribution in [0.5, 0.6) is 0 Å². The Kier molecular flexibility index (Phi) is 71.0. The van der Waals surface area contributed by atoms with Crippen LogP contribution in [-0.2, 0) is 65.4 Å². The molecule has 17 nitrogen and oxygen atoms in total. The van der Waals surface area contributed by atoms with Crippen molar-refractivity contribution >= 4 is 39.5 Å². The van der Waals surface area contributed by atoms with Gasteiger partial charge >= 0.3 is 39.5 Å². The third-order valence-electron chi connectivity index (χ3n) is 16.1. The summed E-state index contributed by atoms with van der Waals surface area (Å²) < 4.78 is 68.5. The molecule has 3 N–H and O–H groups in total. The van der Waals surface area contributed by atoms with Gasteiger partial charge in [-0.3, -0.25) is 37.3 Å². The Morgan fingerprint density at radius 3 is 0.814 bits per heavy atom. The largest absolute Gasteiger partial charge is 0.472 e. The Morgan fingerprint density at radius 1 is 0.284 bits per heavy atom. The van der Waals surface area contributed by atoms with Crippen LogP contribution in [0.25, 0.3) is 0 Å². The summed E-state index contributed by atoms with van der Waals surface area (Å²) in [5, 5.41) is 10.6. The zero-order chi connectivity index (χ0) is 74.6. The molecule has 19 heteroatoms. The van der Waals surface area contributed by atoms with Crippen molar-refractivity contribution in [3.05, 3.63) is 134 Å². The first-order valence-corrected chi connectivity index (χ1v) is 42.4. The number of aliphatic hydroxyl groups is 1. The van der Waals surface area contributed by atoms with E-state index in [1.165, 1.54) is 44.9 Å². The second kappa shape index (κ2) is 74.5. The monoisotopic (exact) mass is 1470 g/mol. The minimum Gasteiger partial charge on any atom is -0.462 e. The predicted molar refractivity (Wildman–Crippen MR) is 418 cm³/mol. The first-order chi connectivity index (χ1) is 49.7. The Hall–Kier alpha value is -4.80. The number of carbonyl (C=O) groups is 4. The van der Waals surface area contributed by atoms with Crippen molar-refractivity contribution < 1.29 is 80.2 Å². The van der Waals surface area contributed by atoms with E-state index in [4.69, 9.17) is 37.0 Å². The molecular weight excluding hydrogens is 1330 g/mol. The summed E-state index contributed by atoms with van der Waals surface area (Å²) in [5.41, 5.74) is 0. The van der Waals surface area contributed by atoms with Gasteiger partial charge in [0.05, 0.1) is 26.4 Å². The van der Waals surface area contributed by atoms with Gasteiger partial charge in [-0.15, -0.1) is 0 Å². The highest BCUT2D eigenvalue weighted by Crippen LogP contribution is 2.45. The van der Waals surface area contributed by atoms with Crippen molar-refractivity contribution in [3.63, 3.8) is 0 Å². The van der Waals surface area contributed by atoms with Gasteiger partial charge in [0.2, 0.25) is 0 Å². The molecule has 0 amide bonds. The molecule has 0 aliphatic heterocycles. The van der Waals surface area contributed by atoms with Crippen molar-refractivity contribution in [2.45, 2.75) is 329 Å². The average molecular weight is 1470 g/mol. The molecule has 0 radical (unpaired) electrons. The van der Waals surface area contributed by atoms with Gasteiger partial charge in [0.25, 0.3) is 0 Å². The van der Waals surface area contributed by atoms with E-state index in [0.29, 0.717) is 25.7 Å². The second-order valence-corrected chi connectivity index (χ2v) is 28.8. The summed E-state index contributed by atoms with van der Waals surface area (Å²) in [4.78, 5) is 73.0. The van der Waals surface area contributed by atoms with Crippen LogP contribution in [0.2, 0.25) is 0 Å². The molecule has 0 fully saturated rings. The van der Waals surface area contributed by atoms with Crippen molar-refractivity contribution in [1.29, 1.82) is 0 Å². The molecule has 5 unspecified atom stereocenters. The highest BCUT2D eigenvalue weighted by Gasteiger charge is 2.30. The summed E-state index contributed by atoms with van der Waals surface area (Å²) in [6.07, 6.45) is 82.8. The predicted octanol–water partition coefficient (Wildman–Crippen LogP) is 22.9. The fourth-order valence-corrected chi connectivity index (χ4v) is 11.7. The summed E-state index contributed by atoms with van der Waals surface area (Å²) >= 11 is 0. The maximum Gasteiger partial charge on any atom is 0.472 e. The number of phosphoric acid groups is 2. The normalized spacial score (nSPS) is 14.6. The number of unbranched alkanes of at least 4 members (excludes halogenated alkanes) is 25. The quantitative estimate of drug-likeness (QED) is 0.0169. The summed E-state index contributed by atoms with van der Waals surface area (Å²) in [7, 11) is -9.98. The van der Waals surface area contributed by atoms with Crippen molar-refractivity contribution in [2.24, 2.45) is 0 Å². The van der Waals surface area contributed by atoms with Gasteiger partial charge in [-0.1, -0.05) is 258 Å². The molecule has 0 aliphatic rings. The first kappa shape index (κ1) is 97.2. The van der Waals surface area contributed by atoms with Gasteiger partial charge in [-0.2, -0.15) is 0 Å². The number of ether oxygens (including phenoxy) is 4. The first-order valence-electron chi connectivity index (χ1n) is 39.4. The minimum atomic E-state index is -4.99. The second-order valence-electron chi connectivity index (χ2n) is 25.9. The lowest BCUT2D eigenvalue weighted by atomic mass is 10.1. The topological polar surface area (TPSA) is 237 Å². The molecule has 0 heterocycles. The Morgan fingerprint density at radius 2 is 0.510 bits per heavy atom. The minimum absolute atomic E-state index is 0.0699. The molecule has 584 valence electrons. The number of rotatable bonds is 73. The number of phosphoric ester groups is 2. The fraction of sp³-hybridized carbons (Fsp3) is 0.687. The van der Waals surface area contributed by atoms with Crippen LogP contribution in [0.15, 0.2) is 134 Å². The third kappa shape index (κ3) is 73.5. The molecule has 0 spiro atoms. The molecule has 0 aliphatic carbocycles. The molecule has 0 aromatic carbocycles. The Balaban J connectivity index is 5.41. The fourth-order valence-electron chi connectivity index (χ4n) is 10.1. The molecule has 102 heavy (non-hydrogen) atoms. The number of hydrogen-bond acceptors (Lipinski definition) is 15. The Labute approximate surface area is 618 Å². The average Bonchev–Trinajstić information content (AvgIpc) is 0.939. The van der Waals surface area contributed by atoms with Crippen LogP contribution >= 0.6 is 15.6 Å². The van der Waals surface area contributed by atoms with E-state index in [2.05, 4.69) is 161 Å². The van der Waals surface area contributed by atoms with Crippen LogP contribution < -0.4 is 0 Å². The highest BCUT2D eigenvalue weighted by molar-refractivity contribution is 7.47. The van der Waals surface area contributed by atoms with Gasteiger partial charge in [0, 0.05) is 25.7 Å². The van der Waals surface area contributed by atoms with Crippen molar-refractivity contribution in [3.8, 4) is 0 Å². The van der Waals surface area contributed by atoms with Gasteiger partial charge in [0.15, 0.2) is 12.2 Å². The zero-order valence-electron chi connectivity index (χ0n) is 63.7. The summed E-state index contributed by atoms with van der Waals surface area (Å²) in [6, 6.07) is 0. The van der Waals surface area contributed by atoms with E-state index in [1.54, 1.807) is 0 Å². The summed E-state index contributed by atoms with van der Waals surface area (Å²) in [5.74, 6) is -2.25. The van der Waals surface area contributed by atoms with E-state index in [1.807, 2.05) is 0 Å². The van der Waals surface area contributed by atoms with Crippen LogP contribution in [0, 0.1) is 0 Å². The molecule has 0 saturated heterocycles. The lowest BCUT2D eigenvalue weighted by Gasteiger charge is -2.21. The molecule has 5 atom stereocenters. The number of hydrogen-bond donors (Lipinski definition) is 3. The third-order valence-corrected chi connectivity index (χ3v) is 18.0. The molecule has 0 bridgehead atoms. The van der Waals surface area contributed by atoms with E-state index >= 15 is 0 Å². The van der Waals surface area contributed by atoms with E-state index in [9.17, 15) is 43.2 Å². The van der Waals surface area contributed by atoms with E-state index < -0.39 is 97.5 Å². The summed E-state index contributed by atoms with van der Waals surface area (Å²) in [6.45, 7) is 4.53. The number of esters is 4. The van der Waals surface area contributed by atoms with Gasteiger partial charge in [0.1, 0.15) is 19.3 Å². The Bertz CT molecular complexity index is 2460. The van der Waals surface area contributed by atoms with E-state index in [0.717, 1.165) is 186 Å². The molecule has 0 aromatic heterocycles.